The molecule has 0 radical (unpaired) electrons. The molecule has 4 saturated heterocycles. The molecule has 50 nitrogen and oxygen atoms in total. The first-order valence-corrected chi connectivity index (χ1v) is 55.0. The molecule has 4 aromatic carbocycles. The van der Waals surface area contributed by atoms with Gasteiger partial charge in [-0.15, -0.1) is 20.2 Å². The van der Waals surface area contributed by atoms with E-state index in [1.54, 1.807) is 59.4 Å². The van der Waals surface area contributed by atoms with Crippen LogP contribution in [0.4, 0.5) is 0 Å². The molecular weight excluding hydrogens is 2010 g/mol. The second kappa shape index (κ2) is 49.6. The van der Waals surface area contributed by atoms with Crippen LogP contribution >= 0.6 is 0 Å². The molecule has 0 aliphatic carbocycles. The number of rotatable bonds is 48. The molecule has 4 aliphatic heterocycles. The molecule has 0 spiro atoms. The van der Waals surface area contributed by atoms with Crippen molar-refractivity contribution < 1.29 is 82.7 Å². The van der Waals surface area contributed by atoms with Gasteiger partial charge in [-0.05, 0) is 179 Å². The molecule has 4 fully saturated rings. The molecule has 8 aromatic heterocycles. The second-order valence-electron chi connectivity index (χ2n) is 35.9. The largest absolute Gasteiger partial charge is 0.493 e. The lowest BCUT2D eigenvalue weighted by Crippen LogP contribution is -2.60. The quantitative estimate of drug-likeness (QED) is 0.0138. The third-order valence-electron chi connectivity index (χ3n) is 25.4. The number of unbranched alkanes of at least 4 members (excludes halogenated alkanes) is 1. The third kappa shape index (κ3) is 25.4. The van der Waals surface area contributed by atoms with Crippen LogP contribution in [-0.4, -0.2) is 330 Å². The summed E-state index contributed by atoms with van der Waals surface area (Å²) in [4.78, 5) is 115. The van der Waals surface area contributed by atoms with Crippen molar-refractivity contribution in [2.45, 2.75) is 176 Å². The summed E-state index contributed by atoms with van der Waals surface area (Å²) in [6, 6.07) is 18.3. The van der Waals surface area contributed by atoms with Gasteiger partial charge in [0, 0.05) is 131 Å². The number of hydrogen-bond acceptors (Lipinski definition) is 36. The SMILES string of the molecule is CCCc1nn(C)c2c(=O)[nH]c(-c3cc(S(=O)(=O)N4CC(N(C)CCCCO)C4)ccc3OCC)nc12.CCCc1nn(C)c2c(=O)[nH]c(-c3cc(S(=O)(=O)N4CC(N(C)CCCO)C4)ccc3OCC)nc12.CCCc1nn(C)c2c(=O)[nH]c(-c3cc(S(=O)(=O)N4CC(NCCCO[N+](=O)[O-])C4)ccc3OCC)nc12.CCCc1nn(C)c2c(=O)[nH]c(-c3cc(S(=O)(=O)N4CC(NCCO[N+](=O)[O-])C4)ccc3OCC)nc12. The van der Waals surface area contributed by atoms with Gasteiger partial charge in [-0.25, -0.2) is 53.6 Å². The molecule has 4 aliphatic rings. The fraction of sp³-hybridized carbons (Fsp3) is 0.532. The van der Waals surface area contributed by atoms with E-state index in [1.807, 2.05) is 62.6 Å². The maximum atomic E-state index is 13.4. The Kier molecular flexibility index (Phi) is 37.7. The molecule has 54 heteroatoms. The minimum absolute atomic E-state index is 0.0232. The van der Waals surface area contributed by atoms with Crippen LogP contribution in [0.15, 0.2) is 112 Å². The van der Waals surface area contributed by atoms with Crippen LogP contribution in [0.25, 0.3) is 89.7 Å². The fourth-order valence-electron chi connectivity index (χ4n) is 17.6. The van der Waals surface area contributed by atoms with E-state index in [1.165, 1.54) is 84.5 Å². The summed E-state index contributed by atoms with van der Waals surface area (Å²) in [5.41, 5.74) is 6.31. The van der Waals surface area contributed by atoms with Crippen molar-refractivity contribution in [2.75, 3.05) is 145 Å². The maximum Gasteiger partial charge on any atom is 0.294 e. The molecule has 0 bridgehead atoms. The van der Waals surface area contributed by atoms with Gasteiger partial charge in [-0.2, -0.15) is 37.6 Å². The van der Waals surface area contributed by atoms with Crippen molar-refractivity contribution in [3.8, 4) is 68.5 Å². The van der Waals surface area contributed by atoms with Crippen LogP contribution in [0.2, 0.25) is 0 Å². The van der Waals surface area contributed by atoms with Gasteiger partial charge in [0.05, 0.1) is 97.6 Å². The number of nitrogens with zero attached hydrogens (tertiary/aromatic N) is 20. The van der Waals surface area contributed by atoms with E-state index in [0.29, 0.717) is 205 Å². The van der Waals surface area contributed by atoms with E-state index in [2.05, 4.69) is 80.4 Å². The number of likely N-dealkylation sites (N-methyl/N-ethyl adjacent to an activating group) is 2. The van der Waals surface area contributed by atoms with Gasteiger partial charge in [0.25, 0.3) is 32.4 Å². The van der Waals surface area contributed by atoms with E-state index in [0.717, 1.165) is 56.5 Å². The predicted molar refractivity (Wildman–Crippen MR) is 549 cm³/mol. The van der Waals surface area contributed by atoms with Crippen molar-refractivity contribution in [2.24, 2.45) is 28.2 Å². The molecule has 12 aromatic rings. The Morgan fingerprint density at radius 3 is 0.912 bits per heavy atom. The molecule has 148 heavy (non-hydrogen) atoms. The fourth-order valence-corrected chi connectivity index (χ4v) is 23.8. The molecule has 12 heterocycles. The average Bonchev–Trinajstić information content (AvgIpc) is 1.35. The normalized spacial score (nSPS) is 14.8. The first kappa shape index (κ1) is 112. The number of benzene rings is 4. The monoisotopic (exact) mass is 2130 g/mol. The predicted octanol–water partition coefficient (Wildman–Crippen LogP) is 5.20. The highest BCUT2D eigenvalue weighted by Gasteiger charge is 2.43. The molecule has 0 atom stereocenters. The van der Waals surface area contributed by atoms with Crippen LogP contribution in [0, 0.1) is 20.2 Å². The van der Waals surface area contributed by atoms with Gasteiger partial charge in [-0.3, -0.25) is 37.9 Å². The lowest BCUT2D eigenvalue weighted by atomic mass is 10.1. The number of nitrogens with one attached hydrogen (secondary N) is 6. The van der Waals surface area contributed by atoms with Crippen molar-refractivity contribution in [3.05, 3.63) is 157 Å². The van der Waals surface area contributed by atoms with E-state index < -0.39 is 50.3 Å². The number of hydrogen-bond donors (Lipinski definition) is 8. The minimum Gasteiger partial charge on any atom is -0.493 e. The molecule has 16 rings (SSSR count). The van der Waals surface area contributed by atoms with E-state index in [9.17, 15) is 73.1 Å². The Hall–Kier alpha value is -12.7. The summed E-state index contributed by atoms with van der Waals surface area (Å²) in [5.74, 6) is 2.54. The zero-order chi connectivity index (χ0) is 107. The van der Waals surface area contributed by atoms with Crippen molar-refractivity contribution in [1.82, 2.24) is 117 Å². The number of aromatic amines is 4. The van der Waals surface area contributed by atoms with Gasteiger partial charge < -0.3 is 79.2 Å². The molecule has 0 unspecified atom stereocenters. The Morgan fingerprint density at radius 2 is 0.649 bits per heavy atom. The van der Waals surface area contributed by atoms with Gasteiger partial charge in [0.1, 0.15) is 75.0 Å². The first-order valence-electron chi connectivity index (χ1n) is 49.3. The Morgan fingerprint density at radius 1 is 0.385 bits per heavy atom. The van der Waals surface area contributed by atoms with Crippen LogP contribution in [0.3, 0.4) is 0 Å². The van der Waals surface area contributed by atoms with E-state index in [-0.39, 0.29) is 148 Å². The topological polar surface area (TPSA) is 616 Å². The van der Waals surface area contributed by atoms with Crippen molar-refractivity contribution in [1.29, 1.82) is 0 Å². The number of aliphatic hydroxyl groups is 2. The highest BCUT2D eigenvalue weighted by molar-refractivity contribution is 7.90. The summed E-state index contributed by atoms with van der Waals surface area (Å²) in [6.07, 6.45) is 8.64. The number of H-pyrrole nitrogens is 4. The lowest BCUT2D eigenvalue weighted by molar-refractivity contribution is -0.757. The van der Waals surface area contributed by atoms with E-state index in [4.69, 9.17) is 39.1 Å². The van der Waals surface area contributed by atoms with Crippen LogP contribution in [-0.2, 0) is 104 Å². The van der Waals surface area contributed by atoms with E-state index >= 15 is 0 Å². The number of ether oxygens (including phenoxy) is 4. The number of sulfonamides is 4. The van der Waals surface area contributed by atoms with Crippen molar-refractivity contribution in [3.63, 3.8) is 0 Å². The lowest BCUT2D eigenvalue weighted by Gasteiger charge is -2.43. The van der Waals surface area contributed by atoms with Crippen LogP contribution in [0.1, 0.15) is 130 Å². The Labute approximate surface area is 854 Å². The van der Waals surface area contributed by atoms with Gasteiger partial charge in [-0.1, -0.05) is 53.4 Å². The maximum absolute atomic E-state index is 13.4. The summed E-state index contributed by atoms with van der Waals surface area (Å²) in [6.45, 7) is 21.6. The summed E-state index contributed by atoms with van der Waals surface area (Å²) < 4.78 is 142. The average molecular weight is 2140 g/mol. The first-order chi connectivity index (χ1) is 70.7. The summed E-state index contributed by atoms with van der Waals surface area (Å²) in [7, 11) is -4.47. The molecule has 0 amide bonds. The standard InChI is InChI=1S/C25H36N6O5S.C24H34N6O5S.C23H31N7O7S.C22H29N7O7S/c1-5-9-20-22-23(30(4)28-20)25(33)27-24(26-22)19-14-18(10-11-21(19)36-6-2)37(34,35)31-15-17(16-31)29(3)12-7-8-13-32;1-5-8-19-21-22(29(4)27-19)24(32)26-23(25-21)18-13-17(9-10-20(18)35-6-2)36(33,34)30-14-16(15-30)28(3)11-7-12-31;1-4-7-18-20-21(28(3)27-18)23(31)26-22(25-20)17-12-16(8-9-19(17)36-5-2)38(34,35)29-13-15(14-29)24-10-6-11-37-30(32)33;1-4-6-17-19-20(27(3)26-17)22(30)25-21(24-19)16-11-15(7-8-18(16)35-5-2)37(33,34)28-12-14(13-28)23-9-10-36-29(31)32/h10-11,14,17,32H,5-9,12-13,15-16H2,1-4H3,(H,26,27,33);9-10,13,16,31H,5-8,11-12,14-15H2,1-4H3,(H,25,26,32);8-9,12,15,24H,4-7,10-11,13-14H2,1-3H3,(H,25,26,31);7-8,11,14,23H,4-6,9-10,12-13H2,1-3H3,(H,24,25,30). The molecule has 8 N–H and O–H groups in total. The molecule has 804 valence electrons. The third-order valence-corrected chi connectivity index (χ3v) is 32.8. The van der Waals surface area contributed by atoms with Gasteiger partial charge in [0.2, 0.25) is 40.1 Å². The number of aromatic nitrogens is 16. The molecule has 0 saturated carbocycles. The summed E-state index contributed by atoms with van der Waals surface area (Å²) >= 11 is 0. The van der Waals surface area contributed by atoms with Gasteiger partial charge in [0.15, 0.2) is 22.1 Å². The second-order valence-corrected chi connectivity index (χ2v) is 43.7. The smallest absolute Gasteiger partial charge is 0.294 e. The van der Waals surface area contributed by atoms with Crippen LogP contribution in [0.5, 0.6) is 23.0 Å². The zero-order valence-corrected chi connectivity index (χ0v) is 88.6. The molecular formula is C94H130N26O24S4. The van der Waals surface area contributed by atoms with Crippen LogP contribution < -0.4 is 51.8 Å². The Bertz CT molecular complexity index is 7490. The van der Waals surface area contributed by atoms with Gasteiger partial charge >= 0.3 is 0 Å². The number of fused-ring (bicyclic) bond motifs is 4. The minimum atomic E-state index is -3.84. The highest BCUT2D eigenvalue weighted by atomic mass is 32.2. The number of aryl methyl sites for hydroxylation is 8. The highest BCUT2D eigenvalue weighted by Crippen LogP contribution is 2.40. The Balaban J connectivity index is 0.000000165. The number of aliphatic hydroxyl groups excluding tert-OH is 2. The van der Waals surface area contributed by atoms with Crippen molar-refractivity contribution >= 4 is 84.2 Å². The summed E-state index contributed by atoms with van der Waals surface area (Å²) in [5, 5.41) is 60.7. The zero-order valence-electron chi connectivity index (χ0n) is 85.3.